The highest BCUT2D eigenvalue weighted by Crippen LogP contribution is 2.29. The normalized spacial score (nSPS) is 11.7. The number of aryl methyl sites for hydroxylation is 1. The van der Waals surface area contributed by atoms with Crippen LogP contribution in [0.5, 0.6) is 11.5 Å². The minimum Gasteiger partial charge on any atom is -0.504 e. The molecule has 0 fully saturated rings. The molecule has 0 aliphatic carbocycles. The lowest BCUT2D eigenvalue weighted by Crippen LogP contribution is -2.11. The van der Waals surface area contributed by atoms with Crippen LogP contribution in [0.15, 0.2) is 41.2 Å². The summed E-state index contributed by atoms with van der Waals surface area (Å²) in [5.41, 5.74) is 1.98. The lowest BCUT2D eigenvalue weighted by molar-refractivity contribution is 0.373. The summed E-state index contributed by atoms with van der Waals surface area (Å²) in [5.74, 6) is 0.665. The monoisotopic (exact) mass is 342 g/mol. The predicted octanol–water partition coefficient (Wildman–Crippen LogP) is 3.68. The molecule has 5 nitrogen and oxygen atoms in total. The number of benzene rings is 2. The van der Waals surface area contributed by atoms with Crippen LogP contribution in [0.2, 0.25) is 0 Å². The van der Waals surface area contributed by atoms with E-state index >= 15 is 0 Å². The molecule has 3 aromatic rings. The van der Waals surface area contributed by atoms with Gasteiger partial charge >= 0.3 is 0 Å². The highest BCUT2D eigenvalue weighted by atomic mass is 35.5. The number of fused-ring (bicyclic) bond motifs is 1. The lowest BCUT2D eigenvalue weighted by atomic mass is 10.1. The number of phenols is 1. The summed E-state index contributed by atoms with van der Waals surface area (Å²) in [6.45, 7) is 1.89. The number of aromatic amines is 1. The Labute approximate surface area is 143 Å². The standard InChI is InChI=1S/C18H15ClN2O3/c1-10-4-3-5-12-16(10)20-17(21-18(12)23)13(19)8-11-6-7-14(22)15(9-11)24-2/h3-9,22H,1-2H3,(H,20,21,23)/b13-8-. The van der Waals surface area contributed by atoms with Crippen LogP contribution in [-0.2, 0) is 0 Å². The Kier molecular flexibility index (Phi) is 4.27. The van der Waals surface area contributed by atoms with Crippen molar-refractivity contribution in [3.63, 3.8) is 0 Å². The van der Waals surface area contributed by atoms with Crippen LogP contribution in [-0.4, -0.2) is 22.2 Å². The zero-order chi connectivity index (χ0) is 17.3. The molecule has 0 saturated heterocycles. The van der Waals surface area contributed by atoms with Gasteiger partial charge in [0, 0.05) is 0 Å². The summed E-state index contributed by atoms with van der Waals surface area (Å²) in [6, 6.07) is 10.3. The molecule has 0 aliphatic heterocycles. The molecule has 1 aromatic heterocycles. The molecule has 0 unspecified atom stereocenters. The third-order valence-corrected chi connectivity index (χ3v) is 3.95. The molecular weight excluding hydrogens is 328 g/mol. The van der Waals surface area contributed by atoms with Crippen LogP contribution in [0.1, 0.15) is 17.0 Å². The van der Waals surface area contributed by atoms with E-state index in [0.717, 1.165) is 5.56 Å². The van der Waals surface area contributed by atoms with Gasteiger partial charge in [0.2, 0.25) is 0 Å². The second kappa shape index (κ2) is 6.37. The Morgan fingerprint density at radius 2 is 2.12 bits per heavy atom. The van der Waals surface area contributed by atoms with Crippen molar-refractivity contribution in [3.05, 3.63) is 63.7 Å². The molecule has 0 bridgehead atoms. The van der Waals surface area contributed by atoms with Gasteiger partial charge in [0.15, 0.2) is 17.3 Å². The van der Waals surface area contributed by atoms with Gasteiger partial charge in [-0.25, -0.2) is 4.98 Å². The minimum absolute atomic E-state index is 0.0404. The summed E-state index contributed by atoms with van der Waals surface area (Å²) in [6.07, 6.45) is 1.64. The van der Waals surface area contributed by atoms with Crippen LogP contribution < -0.4 is 10.3 Å². The Hall–Kier alpha value is -2.79. The molecule has 3 rings (SSSR count). The molecule has 0 atom stereocenters. The quantitative estimate of drug-likeness (QED) is 0.761. The first kappa shape index (κ1) is 16.1. The number of halogens is 1. The predicted molar refractivity (Wildman–Crippen MR) is 95.5 cm³/mol. The fourth-order valence-electron chi connectivity index (χ4n) is 2.42. The van der Waals surface area contributed by atoms with Crippen LogP contribution in [0.3, 0.4) is 0 Å². The first-order valence-electron chi connectivity index (χ1n) is 7.24. The van der Waals surface area contributed by atoms with Crippen molar-refractivity contribution in [1.82, 2.24) is 9.97 Å². The first-order valence-corrected chi connectivity index (χ1v) is 7.61. The van der Waals surface area contributed by atoms with E-state index in [2.05, 4.69) is 9.97 Å². The van der Waals surface area contributed by atoms with Gasteiger partial charge in [-0.3, -0.25) is 4.79 Å². The number of hydrogen-bond acceptors (Lipinski definition) is 4. The number of H-pyrrole nitrogens is 1. The summed E-state index contributed by atoms with van der Waals surface area (Å²) >= 11 is 6.33. The van der Waals surface area contributed by atoms with Gasteiger partial charge in [-0.1, -0.05) is 29.8 Å². The number of hydrogen-bond donors (Lipinski definition) is 2. The molecule has 0 aliphatic rings. The third kappa shape index (κ3) is 2.98. The number of phenolic OH excluding ortho intramolecular Hbond substituents is 1. The van der Waals surface area contributed by atoms with E-state index in [4.69, 9.17) is 16.3 Å². The van der Waals surface area contributed by atoms with Crippen molar-refractivity contribution < 1.29 is 9.84 Å². The largest absolute Gasteiger partial charge is 0.504 e. The minimum atomic E-state index is -0.242. The van der Waals surface area contributed by atoms with E-state index in [1.54, 1.807) is 24.3 Å². The van der Waals surface area contributed by atoms with E-state index in [0.29, 0.717) is 22.2 Å². The molecule has 0 amide bonds. The van der Waals surface area contributed by atoms with Crippen molar-refractivity contribution in [2.75, 3.05) is 7.11 Å². The second-order valence-electron chi connectivity index (χ2n) is 5.31. The highest BCUT2D eigenvalue weighted by molar-refractivity contribution is 6.50. The highest BCUT2D eigenvalue weighted by Gasteiger charge is 2.09. The zero-order valence-electron chi connectivity index (χ0n) is 13.1. The number of methoxy groups -OCH3 is 1. The van der Waals surface area contributed by atoms with Crippen LogP contribution in [0.4, 0.5) is 0 Å². The van der Waals surface area contributed by atoms with Crippen molar-refractivity contribution in [1.29, 1.82) is 0 Å². The van der Waals surface area contributed by atoms with Crippen LogP contribution in [0.25, 0.3) is 22.0 Å². The van der Waals surface area contributed by atoms with Gasteiger partial charge in [-0.15, -0.1) is 0 Å². The Balaban J connectivity index is 2.10. The van der Waals surface area contributed by atoms with E-state index in [1.165, 1.54) is 13.2 Å². The van der Waals surface area contributed by atoms with E-state index in [-0.39, 0.29) is 22.2 Å². The second-order valence-corrected chi connectivity index (χ2v) is 5.72. The maximum absolute atomic E-state index is 12.2. The molecule has 6 heteroatoms. The summed E-state index contributed by atoms with van der Waals surface area (Å²) in [4.78, 5) is 19.4. The number of ether oxygens (including phenoxy) is 1. The molecule has 1 heterocycles. The molecule has 24 heavy (non-hydrogen) atoms. The molecular formula is C18H15ClN2O3. The molecule has 0 spiro atoms. The number of nitrogens with one attached hydrogen (secondary N) is 1. The van der Waals surface area contributed by atoms with E-state index in [1.807, 2.05) is 19.1 Å². The average Bonchev–Trinajstić information content (AvgIpc) is 2.57. The number of nitrogens with zero attached hydrogens (tertiary/aromatic N) is 1. The molecule has 122 valence electrons. The number of aromatic nitrogens is 2. The smallest absolute Gasteiger partial charge is 0.259 e. The van der Waals surface area contributed by atoms with Crippen LogP contribution in [0, 0.1) is 6.92 Å². The Morgan fingerprint density at radius 3 is 2.88 bits per heavy atom. The van der Waals surface area contributed by atoms with Gasteiger partial charge in [0.05, 0.1) is 23.0 Å². The lowest BCUT2D eigenvalue weighted by Gasteiger charge is -2.06. The summed E-state index contributed by atoms with van der Waals surface area (Å²) in [5, 5.41) is 10.4. The molecule has 2 aromatic carbocycles. The molecule has 0 radical (unpaired) electrons. The van der Waals surface area contributed by atoms with Crippen molar-refractivity contribution in [2.24, 2.45) is 0 Å². The molecule has 2 N–H and O–H groups in total. The topological polar surface area (TPSA) is 75.2 Å². The number of rotatable bonds is 3. The Morgan fingerprint density at radius 1 is 1.33 bits per heavy atom. The summed E-state index contributed by atoms with van der Waals surface area (Å²) in [7, 11) is 1.47. The zero-order valence-corrected chi connectivity index (χ0v) is 13.9. The summed E-state index contributed by atoms with van der Waals surface area (Å²) < 4.78 is 5.07. The first-order chi connectivity index (χ1) is 11.5. The van der Waals surface area contributed by atoms with Gasteiger partial charge in [-0.05, 0) is 42.3 Å². The van der Waals surface area contributed by atoms with Crippen molar-refractivity contribution in [2.45, 2.75) is 6.92 Å². The molecule has 0 saturated carbocycles. The van der Waals surface area contributed by atoms with Gasteiger partial charge in [0.25, 0.3) is 5.56 Å². The Bertz CT molecular complexity index is 1010. The van der Waals surface area contributed by atoms with Crippen LogP contribution >= 0.6 is 11.6 Å². The fraction of sp³-hybridized carbons (Fsp3) is 0.111. The maximum atomic E-state index is 12.2. The van der Waals surface area contributed by atoms with Gasteiger partial charge < -0.3 is 14.8 Å². The fourth-order valence-corrected chi connectivity index (χ4v) is 2.63. The average molecular weight is 343 g/mol. The SMILES string of the molecule is COc1cc(/C=C(\Cl)c2nc3c(C)cccc3c(=O)[nH]2)ccc1O. The van der Waals surface area contributed by atoms with Gasteiger partial charge in [0.1, 0.15) is 0 Å². The van der Waals surface area contributed by atoms with Gasteiger partial charge in [-0.2, -0.15) is 0 Å². The van der Waals surface area contributed by atoms with Crippen molar-refractivity contribution >= 4 is 33.6 Å². The maximum Gasteiger partial charge on any atom is 0.259 e. The third-order valence-electron chi connectivity index (χ3n) is 3.66. The van der Waals surface area contributed by atoms with Crippen molar-refractivity contribution in [3.8, 4) is 11.5 Å². The van der Waals surface area contributed by atoms with E-state index in [9.17, 15) is 9.90 Å². The number of aromatic hydroxyl groups is 1. The number of para-hydroxylation sites is 1. The van der Waals surface area contributed by atoms with E-state index < -0.39 is 0 Å².